The number of carbonyl (C=O) groups is 3. The van der Waals surface area contributed by atoms with Crippen LogP contribution in [-0.2, 0) is 19.1 Å². The Bertz CT molecular complexity index is 454. The predicted molar refractivity (Wildman–Crippen MR) is 75.3 cm³/mol. The lowest BCUT2D eigenvalue weighted by Crippen LogP contribution is -2.23. The van der Waals surface area contributed by atoms with Gasteiger partial charge in [-0.05, 0) is 25.2 Å². The Hall–Kier alpha value is -1.49. The number of esters is 1. The van der Waals surface area contributed by atoms with Crippen molar-refractivity contribution in [1.29, 1.82) is 0 Å². The van der Waals surface area contributed by atoms with E-state index in [1.165, 1.54) is 12.7 Å². The largest absolute Gasteiger partial charge is 0.469 e. The Morgan fingerprint density at radius 1 is 1.52 bits per heavy atom. The SMILES string of the molecule is COC(=O)CCCC1=CC1[C@H]1C(=O)CC(O)[C@@H]1CCC=O. The number of carbonyl (C=O) groups excluding carboxylic acids is 3. The van der Waals surface area contributed by atoms with Gasteiger partial charge in [0.15, 0.2) is 0 Å². The van der Waals surface area contributed by atoms with Crippen LogP contribution in [-0.4, -0.2) is 36.4 Å². The van der Waals surface area contributed by atoms with Gasteiger partial charge in [0.1, 0.15) is 12.1 Å². The van der Waals surface area contributed by atoms with E-state index in [9.17, 15) is 19.5 Å². The molecule has 5 nitrogen and oxygen atoms in total. The number of Topliss-reactive ketones (excluding diaryl/α,β-unsaturated/α-hetero) is 1. The minimum absolute atomic E-state index is 0.0996. The molecule has 4 atom stereocenters. The molecule has 2 aliphatic carbocycles. The third-order valence-electron chi connectivity index (χ3n) is 4.53. The number of ether oxygens (including phenoxy) is 1. The van der Waals surface area contributed by atoms with Crippen molar-refractivity contribution in [3.63, 3.8) is 0 Å². The molecule has 21 heavy (non-hydrogen) atoms. The third kappa shape index (κ3) is 3.79. The molecular formula is C16H22O5. The second kappa shape index (κ2) is 6.98. The summed E-state index contributed by atoms with van der Waals surface area (Å²) in [6.45, 7) is 0. The lowest BCUT2D eigenvalue weighted by Gasteiger charge is -2.20. The highest BCUT2D eigenvalue weighted by Gasteiger charge is 2.48. The highest BCUT2D eigenvalue weighted by molar-refractivity contribution is 5.86. The van der Waals surface area contributed by atoms with Gasteiger partial charge in [0, 0.05) is 31.1 Å². The summed E-state index contributed by atoms with van der Waals surface area (Å²) in [6.07, 6.45) is 5.34. The van der Waals surface area contributed by atoms with Gasteiger partial charge in [-0.2, -0.15) is 0 Å². The fourth-order valence-corrected chi connectivity index (χ4v) is 3.38. The Labute approximate surface area is 124 Å². The average molecular weight is 294 g/mol. The normalized spacial score (nSPS) is 31.0. The lowest BCUT2D eigenvalue weighted by atomic mass is 9.84. The first-order valence-electron chi connectivity index (χ1n) is 7.50. The topological polar surface area (TPSA) is 80.7 Å². The highest BCUT2D eigenvalue weighted by atomic mass is 16.5. The number of rotatable bonds is 8. The number of aldehydes is 1. The lowest BCUT2D eigenvalue weighted by molar-refractivity contribution is -0.140. The van der Waals surface area contributed by atoms with E-state index in [1.807, 2.05) is 0 Å². The van der Waals surface area contributed by atoms with Gasteiger partial charge in [-0.15, -0.1) is 0 Å². The molecule has 0 aromatic heterocycles. The quantitative estimate of drug-likeness (QED) is 0.416. The Morgan fingerprint density at radius 3 is 2.95 bits per heavy atom. The van der Waals surface area contributed by atoms with Crippen molar-refractivity contribution in [1.82, 2.24) is 0 Å². The van der Waals surface area contributed by atoms with Crippen molar-refractivity contribution in [2.45, 2.75) is 44.6 Å². The first kappa shape index (κ1) is 15.9. The fourth-order valence-electron chi connectivity index (χ4n) is 3.38. The van der Waals surface area contributed by atoms with Crippen LogP contribution in [0.1, 0.15) is 38.5 Å². The number of hydrogen-bond acceptors (Lipinski definition) is 5. The van der Waals surface area contributed by atoms with Gasteiger partial charge >= 0.3 is 5.97 Å². The highest BCUT2D eigenvalue weighted by Crippen LogP contribution is 2.48. The van der Waals surface area contributed by atoms with Crippen LogP contribution >= 0.6 is 0 Å². The molecule has 1 saturated carbocycles. The molecule has 0 heterocycles. The van der Waals surface area contributed by atoms with E-state index in [2.05, 4.69) is 10.8 Å². The molecule has 0 aliphatic heterocycles. The van der Waals surface area contributed by atoms with Crippen LogP contribution in [0.15, 0.2) is 11.6 Å². The standard InChI is InChI=1S/C16H22O5/c1-21-15(20)6-2-4-10-8-12(10)16-11(5-3-7-17)13(18)9-14(16)19/h7-8,11-13,16,18H,2-6,9H2,1H3/t11-,12?,13?,16-/m0/s1. The molecule has 0 aromatic carbocycles. The number of ketones is 1. The molecule has 0 bridgehead atoms. The van der Waals surface area contributed by atoms with Gasteiger partial charge in [0.2, 0.25) is 0 Å². The summed E-state index contributed by atoms with van der Waals surface area (Å²) in [4.78, 5) is 33.6. The summed E-state index contributed by atoms with van der Waals surface area (Å²) in [5.74, 6) is -0.272. The molecule has 2 rings (SSSR count). The average Bonchev–Trinajstić information content (AvgIpc) is 3.15. The molecule has 5 heteroatoms. The van der Waals surface area contributed by atoms with Crippen LogP contribution in [0, 0.1) is 17.8 Å². The minimum atomic E-state index is -0.618. The zero-order valence-electron chi connectivity index (χ0n) is 12.3. The first-order chi connectivity index (χ1) is 10.1. The fraction of sp³-hybridized carbons (Fsp3) is 0.688. The van der Waals surface area contributed by atoms with Crippen molar-refractivity contribution >= 4 is 18.0 Å². The van der Waals surface area contributed by atoms with E-state index in [0.29, 0.717) is 19.3 Å². The van der Waals surface area contributed by atoms with E-state index in [4.69, 9.17) is 0 Å². The molecule has 0 saturated heterocycles. The van der Waals surface area contributed by atoms with E-state index < -0.39 is 6.10 Å². The third-order valence-corrected chi connectivity index (χ3v) is 4.53. The van der Waals surface area contributed by atoms with Gasteiger partial charge < -0.3 is 14.6 Å². The Morgan fingerprint density at radius 2 is 2.29 bits per heavy atom. The predicted octanol–water partition coefficient (Wildman–Crippen LogP) is 1.43. The number of hydrogen-bond donors (Lipinski definition) is 1. The van der Waals surface area contributed by atoms with Crippen molar-refractivity contribution in [3.05, 3.63) is 11.6 Å². The second-order valence-electron chi connectivity index (χ2n) is 5.87. The molecule has 0 radical (unpaired) electrons. The maximum absolute atomic E-state index is 12.1. The molecule has 0 aromatic rings. The molecule has 1 N–H and O–H groups in total. The van der Waals surface area contributed by atoms with Gasteiger partial charge in [-0.25, -0.2) is 0 Å². The molecule has 2 unspecified atom stereocenters. The monoisotopic (exact) mass is 294 g/mol. The van der Waals surface area contributed by atoms with E-state index in [1.54, 1.807) is 0 Å². The molecule has 116 valence electrons. The minimum Gasteiger partial charge on any atom is -0.469 e. The van der Waals surface area contributed by atoms with Crippen LogP contribution < -0.4 is 0 Å². The Balaban J connectivity index is 1.83. The van der Waals surface area contributed by atoms with Crippen LogP contribution in [0.2, 0.25) is 0 Å². The number of aliphatic hydroxyl groups excluding tert-OH is 1. The summed E-state index contributed by atoms with van der Waals surface area (Å²) >= 11 is 0. The van der Waals surface area contributed by atoms with Crippen molar-refractivity contribution in [3.8, 4) is 0 Å². The zero-order valence-corrected chi connectivity index (χ0v) is 12.3. The molecule has 0 amide bonds. The van der Waals surface area contributed by atoms with Crippen LogP contribution in [0.3, 0.4) is 0 Å². The molecule has 0 spiro atoms. The Kier molecular flexibility index (Phi) is 5.28. The van der Waals surface area contributed by atoms with Crippen LogP contribution in [0.4, 0.5) is 0 Å². The zero-order chi connectivity index (χ0) is 15.4. The summed E-state index contributed by atoms with van der Waals surface area (Å²) < 4.78 is 4.59. The van der Waals surface area contributed by atoms with Gasteiger partial charge in [-0.1, -0.05) is 11.6 Å². The summed E-state index contributed by atoms with van der Waals surface area (Å²) in [5, 5.41) is 9.98. The van der Waals surface area contributed by atoms with Crippen molar-refractivity contribution in [2.24, 2.45) is 17.8 Å². The van der Waals surface area contributed by atoms with Gasteiger partial charge in [0.25, 0.3) is 0 Å². The summed E-state index contributed by atoms with van der Waals surface area (Å²) in [5.41, 5.74) is 1.20. The number of aliphatic hydroxyl groups is 1. The van der Waals surface area contributed by atoms with Crippen molar-refractivity contribution < 1.29 is 24.2 Å². The maximum Gasteiger partial charge on any atom is 0.305 e. The van der Waals surface area contributed by atoms with Crippen molar-refractivity contribution in [2.75, 3.05) is 7.11 Å². The molecular weight excluding hydrogens is 272 g/mol. The van der Waals surface area contributed by atoms with Gasteiger partial charge in [0.05, 0.1) is 13.2 Å². The van der Waals surface area contributed by atoms with E-state index in [0.717, 1.165) is 19.1 Å². The van der Waals surface area contributed by atoms with Gasteiger partial charge in [-0.3, -0.25) is 9.59 Å². The van der Waals surface area contributed by atoms with E-state index >= 15 is 0 Å². The number of methoxy groups -OCH3 is 1. The second-order valence-corrected chi connectivity index (χ2v) is 5.87. The maximum atomic E-state index is 12.1. The smallest absolute Gasteiger partial charge is 0.305 e. The first-order valence-corrected chi connectivity index (χ1v) is 7.50. The van der Waals surface area contributed by atoms with Crippen LogP contribution in [0.5, 0.6) is 0 Å². The molecule has 2 aliphatic rings. The van der Waals surface area contributed by atoms with Crippen LogP contribution in [0.25, 0.3) is 0 Å². The van der Waals surface area contributed by atoms with E-state index in [-0.39, 0.29) is 35.9 Å². The molecule has 1 fully saturated rings. The summed E-state index contributed by atoms with van der Waals surface area (Å²) in [6, 6.07) is 0. The summed E-state index contributed by atoms with van der Waals surface area (Å²) in [7, 11) is 1.37. The number of allylic oxidation sites excluding steroid dienone is 2.